The predicted octanol–water partition coefficient (Wildman–Crippen LogP) is 5.28. The highest BCUT2D eigenvalue weighted by Gasteiger charge is 2.05. The average Bonchev–Trinajstić information content (AvgIpc) is 2.69. The van der Waals surface area contributed by atoms with Gasteiger partial charge < -0.3 is 9.80 Å². The largest absolute Gasteiger partial charge is 0.372 e. The number of allylic oxidation sites excluding steroid dienone is 1. The minimum atomic E-state index is 0.0314. The number of anilines is 2. The van der Waals surface area contributed by atoms with Crippen molar-refractivity contribution in [3.8, 4) is 0 Å². The molecule has 26 heavy (non-hydrogen) atoms. The molecular formula is C23H30N2O. The lowest BCUT2D eigenvalue weighted by atomic mass is 10.1. The summed E-state index contributed by atoms with van der Waals surface area (Å²) >= 11 is 0. The number of hydrogen-bond donors (Lipinski definition) is 0. The van der Waals surface area contributed by atoms with Crippen LogP contribution in [0.5, 0.6) is 0 Å². The minimum Gasteiger partial charge on any atom is -0.372 e. The summed E-state index contributed by atoms with van der Waals surface area (Å²) in [5.74, 6) is 0.0314. The van der Waals surface area contributed by atoms with Gasteiger partial charge in [0.15, 0.2) is 5.78 Å². The summed E-state index contributed by atoms with van der Waals surface area (Å²) in [5, 5.41) is 0. The second-order valence-electron chi connectivity index (χ2n) is 6.18. The van der Waals surface area contributed by atoms with Crippen molar-refractivity contribution in [1.29, 1.82) is 0 Å². The molecular weight excluding hydrogens is 320 g/mol. The molecule has 0 fully saturated rings. The molecule has 0 spiro atoms. The number of carbonyl (C=O) groups excluding carboxylic acids is 1. The van der Waals surface area contributed by atoms with Crippen molar-refractivity contribution in [3.63, 3.8) is 0 Å². The highest BCUT2D eigenvalue weighted by molar-refractivity contribution is 6.07. The van der Waals surface area contributed by atoms with Gasteiger partial charge in [-0.1, -0.05) is 18.2 Å². The van der Waals surface area contributed by atoms with Gasteiger partial charge in [-0.25, -0.2) is 0 Å². The van der Waals surface area contributed by atoms with Crippen LogP contribution in [0, 0.1) is 0 Å². The topological polar surface area (TPSA) is 23.6 Å². The predicted molar refractivity (Wildman–Crippen MR) is 113 cm³/mol. The number of ketones is 1. The minimum absolute atomic E-state index is 0.0314. The second-order valence-corrected chi connectivity index (χ2v) is 6.18. The molecule has 0 N–H and O–H groups in total. The van der Waals surface area contributed by atoms with E-state index in [1.807, 2.05) is 30.3 Å². The van der Waals surface area contributed by atoms with E-state index in [1.165, 1.54) is 5.69 Å². The maximum Gasteiger partial charge on any atom is 0.185 e. The number of carbonyl (C=O) groups is 1. The van der Waals surface area contributed by atoms with E-state index in [4.69, 9.17) is 0 Å². The van der Waals surface area contributed by atoms with E-state index in [2.05, 4.69) is 61.8 Å². The molecule has 0 saturated heterocycles. The Morgan fingerprint density at radius 1 is 0.731 bits per heavy atom. The number of nitrogens with zero attached hydrogens (tertiary/aromatic N) is 2. The third kappa shape index (κ3) is 4.98. The Morgan fingerprint density at radius 3 is 1.58 bits per heavy atom. The lowest BCUT2D eigenvalue weighted by molar-refractivity contribution is 0.104. The molecule has 0 aliphatic carbocycles. The van der Waals surface area contributed by atoms with Gasteiger partial charge in [-0.2, -0.15) is 0 Å². The van der Waals surface area contributed by atoms with E-state index in [0.717, 1.165) is 43.0 Å². The first kappa shape index (κ1) is 19.8. The highest BCUT2D eigenvalue weighted by atomic mass is 16.1. The standard InChI is InChI=1S/C23H30N2O/c1-5-24(6-2)21-14-9-19(10-15-21)11-18-23(26)20-12-16-22(17-13-20)25(7-3)8-4/h9-18H,5-8H2,1-4H3/b18-11+. The molecule has 2 aromatic carbocycles. The van der Waals surface area contributed by atoms with E-state index < -0.39 is 0 Å². The summed E-state index contributed by atoms with van der Waals surface area (Å²) in [6.45, 7) is 12.5. The molecule has 3 heteroatoms. The van der Waals surface area contributed by atoms with Gasteiger partial charge in [0.25, 0.3) is 0 Å². The van der Waals surface area contributed by atoms with Crippen molar-refractivity contribution >= 4 is 23.2 Å². The molecule has 2 rings (SSSR count). The van der Waals surface area contributed by atoms with Crippen LogP contribution in [0.2, 0.25) is 0 Å². The van der Waals surface area contributed by atoms with Crippen molar-refractivity contribution in [1.82, 2.24) is 0 Å². The van der Waals surface area contributed by atoms with Crippen molar-refractivity contribution in [2.45, 2.75) is 27.7 Å². The number of rotatable bonds is 9. The van der Waals surface area contributed by atoms with Gasteiger partial charge in [0.05, 0.1) is 0 Å². The zero-order chi connectivity index (χ0) is 18.9. The van der Waals surface area contributed by atoms with Gasteiger partial charge in [0.2, 0.25) is 0 Å². The van der Waals surface area contributed by atoms with Crippen LogP contribution < -0.4 is 9.80 Å². The molecule has 0 atom stereocenters. The van der Waals surface area contributed by atoms with Crippen LogP contribution in [0.15, 0.2) is 54.6 Å². The molecule has 0 amide bonds. The molecule has 0 aliphatic rings. The fraction of sp³-hybridized carbons (Fsp3) is 0.348. The maximum atomic E-state index is 12.4. The first-order valence-electron chi connectivity index (χ1n) is 9.55. The van der Waals surface area contributed by atoms with Crippen molar-refractivity contribution < 1.29 is 4.79 Å². The third-order valence-electron chi connectivity index (χ3n) is 4.73. The molecule has 0 radical (unpaired) electrons. The van der Waals surface area contributed by atoms with Crippen LogP contribution in [0.1, 0.15) is 43.6 Å². The van der Waals surface area contributed by atoms with Crippen molar-refractivity contribution in [2.75, 3.05) is 36.0 Å². The molecule has 0 heterocycles. The Labute approximate surface area is 157 Å². The monoisotopic (exact) mass is 350 g/mol. The van der Waals surface area contributed by atoms with Crippen LogP contribution in [0.3, 0.4) is 0 Å². The van der Waals surface area contributed by atoms with Gasteiger partial charge in [-0.3, -0.25) is 4.79 Å². The lowest BCUT2D eigenvalue weighted by Crippen LogP contribution is -2.21. The summed E-state index contributed by atoms with van der Waals surface area (Å²) in [6.07, 6.45) is 3.53. The Hall–Kier alpha value is -2.55. The second kappa shape index (κ2) is 9.81. The van der Waals surface area contributed by atoms with Gasteiger partial charge in [0, 0.05) is 43.1 Å². The molecule has 0 unspecified atom stereocenters. The molecule has 0 aliphatic heterocycles. The van der Waals surface area contributed by atoms with Crippen LogP contribution in [0.25, 0.3) is 6.08 Å². The van der Waals surface area contributed by atoms with Gasteiger partial charge in [-0.05, 0) is 75.7 Å². The van der Waals surface area contributed by atoms with Crippen LogP contribution >= 0.6 is 0 Å². The smallest absolute Gasteiger partial charge is 0.185 e. The van der Waals surface area contributed by atoms with E-state index in [-0.39, 0.29) is 5.78 Å². The Kier molecular flexibility index (Phi) is 7.46. The van der Waals surface area contributed by atoms with Crippen LogP contribution in [-0.4, -0.2) is 32.0 Å². The summed E-state index contributed by atoms with van der Waals surface area (Å²) in [5.41, 5.74) is 4.12. The summed E-state index contributed by atoms with van der Waals surface area (Å²) in [4.78, 5) is 17.0. The van der Waals surface area contributed by atoms with Crippen LogP contribution in [0.4, 0.5) is 11.4 Å². The zero-order valence-corrected chi connectivity index (χ0v) is 16.4. The summed E-state index contributed by atoms with van der Waals surface area (Å²) in [6, 6.07) is 16.2. The first-order chi connectivity index (χ1) is 12.6. The fourth-order valence-electron chi connectivity index (χ4n) is 3.08. The fourth-order valence-corrected chi connectivity index (χ4v) is 3.08. The lowest BCUT2D eigenvalue weighted by Gasteiger charge is -2.21. The quantitative estimate of drug-likeness (QED) is 0.454. The first-order valence-corrected chi connectivity index (χ1v) is 9.55. The van der Waals surface area contributed by atoms with E-state index in [0.29, 0.717) is 0 Å². The Bertz CT molecular complexity index is 709. The van der Waals surface area contributed by atoms with Gasteiger partial charge >= 0.3 is 0 Å². The normalized spacial score (nSPS) is 10.9. The van der Waals surface area contributed by atoms with Crippen LogP contribution in [-0.2, 0) is 0 Å². The Balaban J connectivity index is 2.04. The Morgan fingerprint density at radius 2 is 1.15 bits per heavy atom. The van der Waals surface area contributed by atoms with Crippen molar-refractivity contribution in [3.05, 3.63) is 65.7 Å². The van der Waals surface area contributed by atoms with E-state index in [9.17, 15) is 4.79 Å². The number of hydrogen-bond acceptors (Lipinski definition) is 3. The average molecular weight is 351 g/mol. The molecule has 0 bridgehead atoms. The molecule has 3 nitrogen and oxygen atoms in total. The van der Waals surface area contributed by atoms with Gasteiger partial charge in [0.1, 0.15) is 0 Å². The highest BCUT2D eigenvalue weighted by Crippen LogP contribution is 2.17. The van der Waals surface area contributed by atoms with E-state index in [1.54, 1.807) is 6.08 Å². The molecule has 138 valence electrons. The van der Waals surface area contributed by atoms with Gasteiger partial charge in [-0.15, -0.1) is 0 Å². The van der Waals surface area contributed by atoms with Crippen molar-refractivity contribution in [2.24, 2.45) is 0 Å². The zero-order valence-electron chi connectivity index (χ0n) is 16.4. The molecule has 0 aromatic heterocycles. The molecule has 0 saturated carbocycles. The number of benzene rings is 2. The summed E-state index contributed by atoms with van der Waals surface area (Å²) < 4.78 is 0. The van der Waals surface area contributed by atoms with E-state index >= 15 is 0 Å². The molecule has 2 aromatic rings. The summed E-state index contributed by atoms with van der Waals surface area (Å²) in [7, 11) is 0. The third-order valence-corrected chi connectivity index (χ3v) is 4.73. The maximum absolute atomic E-state index is 12.4. The SMILES string of the molecule is CCN(CC)c1ccc(/C=C/C(=O)c2ccc(N(CC)CC)cc2)cc1.